The summed E-state index contributed by atoms with van der Waals surface area (Å²) in [5.41, 5.74) is 1.04. The number of sulfone groups is 1. The third kappa shape index (κ3) is 4.29. The second-order valence-electron chi connectivity index (χ2n) is 4.86. The molecule has 0 amide bonds. The zero-order chi connectivity index (χ0) is 16.0. The number of rotatable bonds is 7. The van der Waals surface area contributed by atoms with E-state index in [0.717, 1.165) is 5.56 Å². The normalized spacial score (nSPS) is 12.8. The van der Waals surface area contributed by atoms with E-state index in [2.05, 4.69) is 10.3 Å². The molecule has 0 aliphatic carbocycles. The fraction of sp³-hybridized carbons (Fsp3) is 0.312. The monoisotopic (exact) mass is 320 g/mol. The first-order valence-corrected chi connectivity index (χ1v) is 8.97. The summed E-state index contributed by atoms with van der Waals surface area (Å²) in [5, 5.41) is 3.09. The van der Waals surface area contributed by atoms with Gasteiger partial charge < -0.3 is 10.1 Å². The van der Waals surface area contributed by atoms with E-state index in [1.54, 1.807) is 18.3 Å². The van der Waals surface area contributed by atoms with Gasteiger partial charge in [0.1, 0.15) is 10.7 Å². The van der Waals surface area contributed by atoms with E-state index in [9.17, 15) is 8.42 Å². The van der Waals surface area contributed by atoms with Gasteiger partial charge in [-0.25, -0.2) is 13.4 Å². The molecule has 0 bridgehead atoms. The van der Waals surface area contributed by atoms with Gasteiger partial charge in [-0.1, -0.05) is 30.3 Å². The van der Waals surface area contributed by atoms with Crippen molar-refractivity contribution in [1.29, 1.82) is 0 Å². The Morgan fingerprint density at radius 2 is 1.91 bits per heavy atom. The molecule has 0 fully saturated rings. The summed E-state index contributed by atoms with van der Waals surface area (Å²) < 4.78 is 29.3. The predicted molar refractivity (Wildman–Crippen MR) is 86.6 cm³/mol. The molecular formula is C16H20N2O3S. The zero-order valence-electron chi connectivity index (χ0n) is 12.7. The smallest absolute Gasteiger partial charge is 0.179 e. The van der Waals surface area contributed by atoms with Crippen LogP contribution in [0.1, 0.15) is 18.6 Å². The van der Waals surface area contributed by atoms with Crippen molar-refractivity contribution in [3.63, 3.8) is 0 Å². The molecule has 1 atom stereocenters. The Morgan fingerprint density at radius 1 is 1.18 bits per heavy atom. The maximum absolute atomic E-state index is 11.8. The lowest BCUT2D eigenvalue weighted by atomic mass is 10.1. The maximum atomic E-state index is 11.8. The van der Waals surface area contributed by atoms with Crippen molar-refractivity contribution in [3.8, 4) is 0 Å². The highest BCUT2D eigenvalue weighted by Crippen LogP contribution is 2.21. The lowest BCUT2D eigenvalue weighted by molar-refractivity contribution is 0.0718. The van der Waals surface area contributed by atoms with Crippen molar-refractivity contribution in [2.24, 2.45) is 0 Å². The van der Waals surface area contributed by atoms with Crippen LogP contribution in [0.5, 0.6) is 0 Å². The molecule has 0 aliphatic rings. The van der Waals surface area contributed by atoms with E-state index in [4.69, 9.17) is 4.74 Å². The van der Waals surface area contributed by atoms with Crippen LogP contribution in [0.25, 0.3) is 0 Å². The molecule has 118 valence electrons. The van der Waals surface area contributed by atoms with E-state index in [0.29, 0.717) is 19.0 Å². The lowest BCUT2D eigenvalue weighted by Crippen LogP contribution is -2.18. The highest BCUT2D eigenvalue weighted by molar-refractivity contribution is 7.90. The van der Waals surface area contributed by atoms with E-state index < -0.39 is 9.84 Å². The molecule has 0 saturated carbocycles. The number of pyridine rings is 1. The van der Waals surface area contributed by atoms with Gasteiger partial charge in [-0.3, -0.25) is 0 Å². The topological polar surface area (TPSA) is 68.3 Å². The van der Waals surface area contributed by atoms with Gasteiger partial charge in [-0.2, -0.15) is 0 Å². The van der Waals surface area contributed by atoms with Crippen molar-refractivity contribution >= 4 is 15.7 Å². The summed E-state index contributed by atoms with van der Waals surface area (Å²) >= 11 is 0. The predicted octanol–water partition coefficient (Wildman–Crippen LogP) is 2.67. The SMILES string of the molecule is CCOC(CNc1ncccc1S(C)(=O)=O)c1ccccc1. The van der Waals surface area contributed by atoms with E-state index in [-0.39, 0.29) is 11.0 Å². The van der Waals surface area contributed by atoms with Gasteiger partial charge in [-0.05, 0) is 24.6 Å². The Morgan fingerprint density at radius 3 is 2.55 bits per heavy atom. The van der Waals surface area contributed by atoms with E-state index in [1.807, 2.05) is 37.3 Å². The number of aromatic nitrogens is 1. The number of hydrogen-bond acceptors (Lipinski definition) is 5. The number of benzene rings is 1. The first-order chi connectivity index (χ1) is 10.5. The minimum atomic E-state index is -3.32. The Balaban J connectivity index is 2.17. The van der Waals surface area contributed by atoms with Gasteiger partial charge in [0.25, 0.3) is 0 Å². The van der Waals surface area contributed by atoms with Gasteiger partial charge in [0.15, 0.2) is 9.84 Å². The van der Waals surface area contributed by atoms with Gasteiger partial charge >= 0.3 is 0 Å². The molecule has 0 radical (unpaired) electrons. The van der Waals surface area contributed by atoms with Gasteiger partial charge in [0.2, 0.25) is 0 Å². The zero-order valence-corrected chi connectivity index (χ0v) is 13.5. The van der Waals surface area contributed by atoms with Crippen LogP contribution in [-0.2, 0) is 14.6 Å². The minimum absolute atomic E-state index is 0.166. The highest BCUT2D eigenvalue weighted by atomic mass is 32.2. The summed E-state index contributed by atoms with van der Waals surface area (Å²) in [6.45, 7) is 2.94. The fourth-order valence-corrected chi connectivity index (χ4v) is 2.96. The molecule has 22 heavy (non-hydrogen) atoms. The molecule has 6 heteroatoms. The first-order valence-electron chi connectivity index (χ1n) is 7.08. The lowest BCUT2D eigenvalue weighted by Gasteiger charge is -2.19. The van der Waals surface area contributed by atoms with Crippen LogP contribution >= 0.6 is 0 Å². The van der Waals surface area contributed by atoms with E-state index in [1.165, 1.54) is 6.26 Å². The van der Waals surface area contributed by atoms with Crippen LogP contribution in [0.4, 0.5) is 5.82 Å². The van der Waals surface area contributed by atoms with Crippen LogP contribution in [0.2, 0.25) is 0 Å². The molecule has 0 aliphatic heterocycles. The van der Waals surface area contributed by atoms with Crippen LogP contribution in [-0.4, -0.2) is 32.8 Å². The maximum Gasteiger partial charge on any atom is 0.179 e. The molecule has 1 unspecified atom stereocenters. The number of nitrogens with one attached hydrogen (secondary N) is 1. The fourth-order valence-electron chi connectivity index (χ4n) is 2.15. The molecule has 1 aromatic carbocycles. The van der Waals surface area contributed by atoms with Gasteiger partial charge in [0, 0.05) is 25.6 Å². The Kier molecular flexibility index (Phi) is 5.51. The molecule has 5 nitrogen and oxygen atoms in total. The largest absolute Gasteiger partial charge is 0.372 e. The summed E-state index contributed by atoms with van der Waals surface area (Å²) in [4.78, 5) is 4.32. The average Bonchev–Trinajstić information content (AvgIpc) is 2.51. The van der Waals surface area contributed by atoms with Crippen molar-refractivity contribution in [3.05, 3.63) is 54.2 Å². The van der Waals surface area contributed by atoms with E-state index >= 15 is 0 Å². The molecule has 2 aromatic rings. The van der Waals surface area contributed by atoms with Crippen LogP contribution in [0, 0.1) is 0 Å². The number of nitrogens with zero attached hydrogens (tertiary/aromatic N) is 1. The molecule has 1 N–H and O–H groups in total. The highest BCUT2D eigenvalue weighted by Gasteiger charge is 2.16. The third-order valence-corrected chi connectivity index (χ3v) is 4.29. The molecule has 0 spiro atoms. The van der Waals surface area contributed by atoms with Crippen molar-refractivity contribution in [1.82, 2.24) is 4.98 Å². The quantitative estimate of drug-likeness (QED) is 0.849. The standard InChI is InChI=1S/C16H20N2O3S/c1-3-21-14(13-8-5-4-6-9-13)12-18-16-15(22(2,19)20)10-7-11-17-16/h4-11,14H,3,12H2,1-2H3,(H,17,18). The first kappa shape index (κ1) is 16.5. The van der Waals surface area contributed by atoms with Crippen LogP contribution in [0.15, 0.2) is 53.6 Å². The summed E-state index contributed by atoms with van der Waals surface area (Å²) in [6, 6.07) is 13.0. The molecule has 1 aromatic heterocycles. The second kappa shape index (κ2) is 7.38. The third-order valence-electron chi connectivity index (χ3n) is 3.16. The number of ether oxygens (including phenoxy) is 1. The minimum Gasteiger partial charge on any atom is -0.372 e. The Bertz CT molecular complexity index is 702. The summed E-state index contributed by atoms with van der Waals surface area (Å²) in [7, 11) is -3.32. The molecule has 1 heterocycles. The number of anilines is 1. The van der Waals surface area contributed by atoms with Gasteiger partial charge in [0.05, 0.1) is 6.10 Å². The molecule has 0 saturated heterocycles. The van der Waals surface area contributed by atoms with Crippen molar-refractivity contribution < 1.29 is 13.2 Å². The average molecular weight is 320 g/mol. The second-order valence-corrected chi connectivity index (χ2v) is 6.84. The number of hydrogen-bond donors (Lipinski definition) is 1. The van der Waals surface area contributed by atoms with Crippen LogP contribution in [0.3, 0.4) is 0 Å². The van der Waals surface area contributed by atoms with Crippen molar-refractivity contribution in [2.45, 2.75) is 17.9 Å². The molecular weight excluding hydrogens is 300 g/mol. The van der Waals surface area contributed by atoms with Crippen LogP contribution < -0.4 is 5.32 Å². The molecule has 2 rings (SSSR count). The Labute approximate surface area is 131 Å². The Hall–Kier alpha value is -1.92. The summed E-state index contributed by atoms with van der Waals surface area (Å²) in [6.07, 6.45) is 2.57. The van der Waals surface area contributed by atoms with Crippen molar-refractivity contribution in [2.75, 3.05) is 24.7 Å². The van der Waals surface area contributed by atoms with Gasteiger partial charge in [-0.15, -0.1) is 0 Å². The summed E-state index contributed by atoms with van der Waals surface area (Å²) in [5.74, 6) is 0.352.